The molecule has 1 aliphatic heterocycles. The highest BCUT2D eigenvalue weighted by atomic mass is 19.4. The van der Waals surface area contributed by atoms with Crippen LogP contribution in [-0.4, -0.2) is 24.8 Å². The maximum Gasteiger partial charge on any atom is 0.573 e. The van der Waals surface area contributed by atoms with Gasteiger partial charge in [0.25, 0.3) is 11.8 Å². The van der Waals surface area contributed by atoms with Gasteiger partial charge >= 0.3 is 6.36 Å². The van der Waals surface area contributed by atoms with Crippen LogP contribution in [-0.2, 0) is 9.59 Å². The Labute approximate surface area is 193 Å². The summed E-state index contributed by atoms with van der Waals surface area (Å²) >= 11 is 0. The molecule has 3 aromatic rings. The van der Waals surface area contributed by atoms with E-state index in [4.69, 9.17) is 4.74 Å². The number of carbonyl (C=O) groups excluding carboxylic acids is 2. The molecule has 0 saturated carbocycles. The molecule has 34 heavy (non-hydrogen) atoms. The fourth-order valence-electron chi connectivity index (χ4n) is 3.55. The summed E-state index contributed by atoms with van der Waals surface area (Å²) in [6.07, 6.45) is -4.91. The normalized spacial score (nSPS) is 13.9. The van der Waals surface area contributed by atoms with Crippen molar-refractivity contribution in [2.75, 3.05) is 16.8 Å². The summed E-state index contributed by atoms with van der Waals surface area (Å²) in [5.74, 6) is -1.36. The SMILES string of the molecule is CCOc1cccc(NC2=C(c3ccccc3)C(=O)N(c3cccc(OC(F)(F)F)c3)C2=O)c1. The highest BCUT2D eigenvalue weighted by molar-refractivity contribution is 6.46. The standard InChI is InChI=1S/C25H19F3N2O4/c1-2-33-19-12-6-10-17(14-19)29-22-21(16-8-4-3-5-9-16)23(31)30(24(22)32)18-11-7-13-20(15-18)34-25(26,27)28/h3-15,29H,2H2,1H3. The van der Waals surface area contributed by atoms with E-state index >= 15 is 0 Å². The van der Waals surface area contributed by atoms with Crippen LogP contribution >= 0.6 is 0 Å². The van der Waals surface area contributed by atoms with Gasteiger partial charge in [0.05, 0.1) is 17.9 Å². The first kappa shape index (κ1) is 22.9. The van der Waals surface area contributed by atoms with Gasteiger partial charge in [0, 0.05) is 17.8 Å². The molecule has 0 fully saturated rings. The molecule has 0 aromatic heterocycles. The fraction of sp³-hybridized carbons (Fsp3) is 0.120. The minimum atomic E-state index is -4.91. The van der Waals surface area contributed by atoms with Crippen molar-refractivity contribution in [3.8, 4) is 11.5 Å². The van der Waals surface area contributed by atoms with E-state index in [0.29, 0.717) is 23.6 Å². The Kier molecular flexibility index (Phi) is 6.27. The van der Waals surface area contributed by atoms with Crippen molar-refractivity contribution in [1.82, 2.24) is 0 Å². The van der Waals surface area contributed by atoms with Gasteiger partial charge < -0.3 is 14.8 Å². The molecule has 0 saturated heterocycles. The summed E-state index contributed by atoms with van der Waals surface area (Å²) in [7, 11) is 0. The molecule has 174 valence electrons. The Morgan fingerprint density at radius 3 is 2.26 bits per heavy atom. The number of nitrogens with zero attached hydrogens (tertiary/aromatic N) is 1. The molecule has 0 aliphatic carbocycles. The molecule has 0 atom stereocenters. The quantitative estimate of drug-likeness (QED) is 0.472. The van der Waals surface area contributed by atoms with Gasteiger partial charge in [-0.3, -0.25) is 9.59 Å². The molecule has 0 unspecified atom stereocenters. The predicted molar refractivity (Wildman–Crippen MR) is 120 cm³/mol. The lowest BCUT2D eigenvalue weighted by atomic mass is 10.0. The van der Waals surface area contributed by atoms with Crippen molar-refractivity contribution in [1.29, 1.82) is 0 Å². The Balaban J connectivity index is 1.75. The summed E-state index contributed by atoms with van der Waals surface area (Å²) in [5.41, 5.74) is 1.02. The van der Waals surface area contributed by atoms with Crippen LogP contribution in [0, 0.1) is 0 Å². The number of rotatable bonds is 7. The molecule has 0 spiro atoms. The summed E-state index contributed by atoms with van der Waals surface area (Å²) in [6, 6.07) is 20.1. The van der Waals surface area contributed by atoms with Crippen LogP contribution in [0.15, 0.2) is 84.6 Å². The maximum absolute atomic E-state index is 13.4. The first-order chi connectivity index (χ1) is 16.3. The number of ether oxygens (including phenoxy) is 2. The van der Waals surface area contributed by atoms with E-state index in [0.717, 1.165) is 17.0 Å². The van der Waals surface area contributed by atoms with Crippen molar-refractivity contribution < 1.29 is 32.2 Å². The Morgan fingerprint density at radius 1 is 0.853 bits per heavy atom. The third-order valence-electron chi connectivity index (χ3n) is 4.87. The lowest BCUT2D eigenvalue weighted by Crippen LogP contribution is -2.32. The van der Waals surface area contributed by atoms with Gasteiger partial charge in [-0.25, -0.2) is 4.90 Å². The van der Waals surface area contributed by atoms with Gasteiger partial charge in [-0.2, -0.15) is 0 Å². The monoisotopic (exact) mass is 468 g/mol. The van der Waals surface area contributed by atoms with Crippen LogP contribution < -0.4 is 19.7 Å². The van der Waals surface area contributed by atoms with E-state index in [1.165, 1.54) is 12.1 Å². The zero-order chi connectivity index (χ0) is 24.3. The maximum atomic E-state index is 13.4. The number of benzene rings is 3. The number of hydrogen-bond acceptors (Lipinski definition) is 5. The number of alkyl halides is 3. The first-order valence-corrected chi connectivity index (χ1v) is 10.3. The van der Waals surface area contributed by atoms with Gasteiger partial charge in [-0.05, 0) is 36.8 Å². The Morgan fingerprint density at radius 2 is 1.56 bits per heavy atom. The molecule has 0 bridgehead atoms. The van der Waals surface area contributed by atoms with E-state index in [1.807, 2.05) is 6.92 Å². The van der Waals surface area contributed by atoms with E-state index < -0.39 is 23.9 Å². The largest absolute Gasteiger partial charge is 0.573 e. The fourth-order valence-corrected chi connectivity index (χ4v) is 3.55. The molecule has 4 rings (SSSR count). The predicted octanol–water partition coefficient (Wildman–Crippen LogP) is 5.38. The molecule has 9 heteroatoms. The summed E-state index contributed by atoms with van der Waals surface area (Å²) in [4.78, 5) is 27.6. The number of halogens is 3. The van der Waals surface area contributed by atoms with Crippen molar-refractivity contribution in [2.45, 2.75) is 13.3 Å². The van der Waals surface area contributed by atoms with Gasteiger partial charge in [0.15, 0.2) is 0 Å². The minimum absolute atomic E-state index is 0.00742. The molecule has 6 nitrogen and oxygen atoms in total. The third kappa shape index (κ3) is 4.88. The number of hydrogen-bond donors (Lipinski definition) is 1. The summed E-state index contributed by atoms with van der Waals surface area (Å²) < 4.78 is 47.5. The Hall–Kier alpha value is -4.27. The number of carbonyl (C=O) groups is 2. The molecule has 2 amide bonds. The average Bonchev–Trinajstić information content (AvgIpc) is 3.03. The smallest absolute Gasteiger partial charge is 0.494 e. The number of amides is 2. The Bertz CT molecular complexity index is 1260. The van der Waals surface area contributed by atoms with Gasteiger partial charge in [-0.1, -0.05) is 42.5 Å². The molecule has 1 aliphatic rings. The summed E-state index contributed by atoms with van der Waals surface area (Å²) in [6.45, 7) is 2.28. The highest BCUT2D eigenvalue weighted by Crippen LogP contribution is 2.36. The van der Waals surface area contributed by atoms with Crippen LogP contribution in [0.2, 0.25) is 0 Å². The minimum Gasteiger partial charge on any atom is -0.494 e. The highest BCUT2D eigenvalue weighted by Gasteiger charge is 2.40. The number of nitrogens with one attached hydrogen (secondary N) is 1. The number of anilines is 2. The van der Waals surface area contributed by atoms with Crippen molar-refractivity contribution in [3.05, 3.63) is 90.1 Å². The number of imide groups is 1. The lowest BCUT2D eigenvalue weighted by molar-refractivity contribution is -0.274. The van der Waals surface area contributed by atoms with Crippen LogP contribution in [0.3, 0.4) is 0 Å². The van der Waals surface area contributed by atoms with Gasteiger partial charge in [0.2, 0.25) is 0 Å². The molecule has 0 radical (unpaired) electrons. The van der Waals surface area contributed by atoms with E-state index in [2.05, 4.69) is 10.1 Å². The second-order valence-electron chi connectivity index (χ2n) is 7.19. The zero-order valence-corrected chi connectivity index (χ0v) is 17.9. The molecule has 1 N–H and O–H groups in total. The van der Waals surface area contributed by atoms with E-state index in [-0.39, 0.29) is 17.0 Å². The van der Waals surface area contributed by atoms with Crippen LogP contribution in [0.1, 0.15) is 12.5 Å². The van der Waals surface area contributed by atoms with Crippen molar-refractivity contribution in [2.24, 2.45) is 0 Å². The van der Waals surface area contributed by atoms with Crippen LogP contribution in [0.5, 0.6) is 11.5 Å². The molecule has 3 aromatic carbocycles. The van der Waals surface area contributed by atoms with E-state index in [9.17, 15) is 22.8 Å². The third-order valence-corrected chi connectivity index (χ3v) is 4.87. The topological polar surface area (TPSA) is 67.9 Å². The van der Waals surface area contributed by atoms with E-state index in [1.54, 1.807) is 54.6 Å². The van der Waals surface area contributed by atoms with Crippen LogP contribution in [0.25, 0.3) is 5.57 Å². The van der Waals surface area contributed by atoms with Crippen molar-refractivity contribution >= 4 is 28.8 Å². The van der Waals surface area contributed by atoms with Crippen molar-refractivity contribution in [3.63, 3.8) is 0 Å². The van der Waals surface area contributed by atoms with Gasteiger partial charge in [0.1, 0.15) is 17.2 Å². The second-order valence-corrected chi connectivity index (χ2v) is 7.19. The molecular weight excluding hydrogens is 449 g/mol. The summed E-state index contributed by atoms with van der Waals surface area (Å²) in [5, 5.41) is 3.00. The zero-order valence-electron chi connectivity index (χ0n) is 17.9. The average molecular weight is 468 g/mol. The molecule has 1 heterocycles. The molecular formula is C25H19F3N2O4. The van der Waals surface area contributed by atoms with Gasteiger partial charge in [-0.15, -0.1) is 13.2 Å². The van der Waals surface area contributed by atoms with Crippen LogP contribution in [0.4, 0.5) is 24.5 Å². The first-order valence-electron chi connectivity index (χ1n) is 10.3. The lowest BCUT2D eigenvalue weighted by Gasteiger charge is -2.17. The second kappa shape index (κ2) is 9.30.